The van der Waals surface area contributed by atoms with Gasteiger partial charge in [-0.05, 0) is 24.3 Å². The molecule has 7 nitrogen and oxygen atoms in total. The number of hydrogen-bond acceptors (Lipinski definition) is 4. The first-order valence-electron chi connectivity index (χ1n) is 7.89. The molecule has 0 spiro atoms. The lowest BCUT2D eigenvalue weighted by molar-refractivity contribution is 0.0947. The van der Waals surface area contributed by atoms with Crippen LogP contribution in [-0.2, 0) is 7.05 Å². The molecule has 0 saturated heterocycles. The van der Waals surface area contributed by atoms with Crippen LogP contribution in [-0.4, -0.2) is 20.3 Å². The van der Waals surface area contributed by atoms with Crippen molar-refractivity contribution in [1.82, 2.24) is 19.8 Å². The van der Waals surface area contributed by atoms with Gasteiger partial charge in [0.05, 0.1) is 15.9 Å². The molecule has 0 unspecified atom stereocenters. The van der Waals surface area contributed by atoms with E-state index in [4.69, 9.17) is 0 Å². The molecule has 0 atom stereocenters. The average molecular weight is 365 g/mol. The molecular formula is C18H15N5O2S. The topological polar surface area (TPSA) is 84.2 Å². The van der Waals surface area contributed by atoms with Gasteiger partial charge in [-0.3, -0.25) is 14.7 Å². The van der Waals surface area contributed by atoms with Crippen LogP contribution in [0.5, 0.6) is 0 Å². The number of aromatic nitrogens is 3. The summed E-state index contributed by atoms with van der Waals surface area (Å²) in [5.74, 6) is -0.478. The number of fused-ring (bicyclic) bond motifs is 1. The Hall–Kier alpha value is -3.39. The first kappa shape index (κ1) is 16.1. The molecule has 2 heterocycles. The van der Waals surface area contributed by atoms with Crippen molar-refractivity contribution in [3.05, 3.63) is 81.5 Å². The summed E-state index contributed by atoms with van der Waals surface area (Å²) in [5.41, 5.74) is 4.03. The van der Waals surface area contributed by atoms with E-state index in [1.165, 1.54) is 22.1 Å². The lowest BCUT2D eigenvalue weighted by Gasteiger charge is -2.01. The Morgan fingerprint density at radius 2 is 1.85 bits per heavy atom. The monoisotopic (exact) mass is 365 g/mol. The maximum absolute atomic E-state index is 12.3. The zero-order valence-electron chi connectivity index (χ0n) is 13.8. The van der Waals surface area contributed by atoms with E-state index in [-0.39, 0.29) is 11.3 Å². The fourth-order valence-corrected chi connectivity index (χ4v) is 3.61. The van der Waals surface area contributed by atoms with Crippen LogP contribution in [0, 0.1) is 0 Å². The van der Waals surface area contributed by atoms with Gasteiger partial charge in [-0.15, -0.1) is 5.10 Å². The van der Waals surface area contributed by atoms with E-state index in [0.29, 0.717) is 10.5 Å². The second-order valence-electron chi connectivity index (χ2n) is 5.64. The van der Waals surface area contributed by atoms with Crippen molar-refractivity contribution in [3.63, 3.8) is 0 Å². The highest BCUT2D eigenvalue weighted by molar-refractivity contribution is 7.16. The van der Waals surface area contributed by atoms with Gasteiger partial charge in [-0.1, -0.05) is 41.7 Å². The predicted molar refractivity (Wildman–Crippen MR) is 100 cm³/mol. The van der Waals surface area contributed by atoms with Crippen LogP contribution in [0.25, 0.3) is 15.9 Å². The van der Waals surface area contributed by atoms with E-state index < -0.39 is 5.91 Å². The van der Waals surface area contributed by atoms with Crippen LogP contribution in [0.15, 0.2) is 70.6 Å². The lowest BCUT2D eigenvalue weighted by atomic mass is 10.3. The van der Waals surface area contributed by atoms with E-state index in [2.05, 4.69) is 15.6 Å². The van der Waals surface area contributed by atoms with E-state index in [1.807, 2.05) is 54.1 Å². The van der Waals surface area contributed by atoms with Crippen LogP contribution in [0.1, 0.15) is 10.5 Å². The summed E-state index contributed by atoms with van der Waals surface area (Å²) >= 11 is 1.47. The minimum absolute atomic E-state index is 0.145. The maximum Gasteiger partial charge on any atom is 0.289 e. The van der Waals surface area contributed by atoms with E-state index >= 15 is 0 Å². The average Bonchev–Trinajstić information content (AvgIpc) is 3.21. The second kappa shape index (κ2) is 6.49. The minimum Gasteiger partial charge on any atom is -0.318 e. The number of benzene rings is 2. The molecule has 26 heavy (non-hydrogen) atoms. The largest absolute Gasteiger partial charge is 0.318 e. The van der Waals surface area contributed by atoms with Crippen LogP contribution in [0.2, 0.25) is 0 Å². The summed E-state index contributed by atoms with van der Waals surface area (Å²) in [4.78, 5) is 25.1. The summed E-state index contributed by atoms with van der Waals surface area (Å²) in [5, 5.41) is 6.99. The van der Waals surface area contributed by atoms with Gasteiger partial charge in [0.25, 0.3) is 11.5 Å². The third kappa shape index (κ3) is 2.86. The van der Waals surface area contributed by atoms with Gasteiger partial charge in [-0.2, -0.15) is 0 Å². The summed E-state index contributed by atoms with van der Waals surface area (Å²) in [6.45, 7) is 0. The molecule has 2 aromatic heterocycles. The molecule has 0 aliphatic heterocycles. The molecule has 130 valence electrons. The Morgan fingerprint density at radius 1 is 1.12 bits per heavy atom. The normalized spacial score (nSPS) is 11.8. The summed E-state index contributed by atoms with van der Waals surface area (Å²) in [6.07, 6.45) is 0. The van der Waals surface area contributed by atoms with Crippen molar-refractivity contribution in [2.24, 2.45) is 12.1 Å². The van der Waals surface area contributed by atoms with Crippen molar-refractivity contribution in [2.75, 3.05) is 0 Å². The van der Waals surface area contributed by atoms with Crippen LogP contribution < -0.4 is 15.8 Å². The number of amides is 1. The molecule has 0 bridgehead atoms. The van der Waals surface area contributed by atoms with Gasteiger partial charge in [0, 0.05) is 13.1 Å². The zero-order valence-corrected chi connectivity index (χ0v) is 14.7. The molecular weight excluding hydrogens is 350 g/mol. The molecule has 0 saturated carbocycles. The summed E-state index contributed by atoms with van der Waals surface area (Å²) in [7, 11) is 1.89. The van der Waals surface area contributed by atoms with Crippen molar-refractivity contribution >= 4 is 27.5 Å². The van der Waals surface area contributed by atoms with Crippen molar-refractivity contribution < 1.29 is 4.79 Å². The van der Waals surface area contributed by atoms with E-state index in [1.54, 1.807) is 12.1 Å². The predicted octanol–water partition coefficient (Wildman–Crippen LogP) is 1.96. The quantitative estimate of drug-likeness (QED) is 0.544. The number of aromatic amines is 1. The summed E-state index contributed by atoms with van der Waals surface area (Å²) < 4.78 is 4.29. The van der Waals surface area contributed by atoms with Crippen molar-refractivity contribution in [3.8, 4) is 5.69 Å². The SMILES string of the molecule is Cn1c(=NNC(=O)c2cc(=O)n(-c3ccccc3)[nH]2)sc2ccccc21. The number of carbonyl (C=O) groups excluding carboxylic acids is 1. The summed E-state index contributed by atoms with van der Waals surface area (Å²) in [6, 6.07) is 18.2. The molecule has 2 N–H and O–H groups in total. The molecule has 0 aliphatic carbocycles. The van der Waals surface area contributed by atoms with Gasteiger partial charge in [0.15, 0.2) is 0 Å². The van der Waals surface area contributed by atoms with E-state index in [0.717, 1.165) is 10.2 Å². The van der Waals surface area contributed by atoms with Gasteiger partial charge in [0.2, 0.25) is 4.80 Å². The fourth-order valence-electron chi connectivity index (χ4n) is 2.63. The van der Waals surface area contributed by atoms with Gasteiger partial charge in [0.1, 0.15) is 5.69 Å². The van der Waals surface area contributed by atoms with E-state index in [9.17, 15) is 9.59 Å². The maximum atomic E-state index is 12.3. The molecule has 2 aromatic carbocycles. The number of hydrogen-bond donors (Lipinski definition) is 2. The zero-order chi connectivity index (χ0) is 18.1. The number of rotatable bonds is 3. The highest BCUT2D eigenvalue weighted by Gasteiger charge is 2.12. The van der Waals surface area contributed by atoms with Crippen LogP contribution in [0.4, 0.5) is 0 Å². The molecule has 1 amide bonds. The Kier molecular flexibility index (Phi) is 4.02. The number of carbonyl (C=O) groups is 1. The second-order valence-corrected chi connectivity index (χ2v) is 6.65. The molecule has 0 fully saturated rings. The number of nitrogens with zero attached hydrogens (tertiary/aromatic N) is 3. The van der Waals surface area contributed by atoms with Crippen molar-refractivity contribution in [2.45, 2.75) is 0 Å². The first-order chi connectivity index (χ1) is 12.6. The smallest absolute Gasteiger partial charge is 0.289 e. The Morgan fingerprint density at radius 3 is 2.62 bits per heavy atom. The number of aryl methyl sites for hydroxylation is 1. The van der Waals surface area contributed by atoms with Gasteiger partial charge < -0.3 is 4.57 Å². The highest BCUT2D eigenvalue weighted by Crippen LogP contribution is 2.14. The Bertz CT molecular complexity index is 1210. The number of H-pyrrole nitrogens is 1. The molecule has 4 aromatic rings. The molecule has 0 radical (unpaired) electrons. The number of para-hydroxylation sites is 2. The van der Waals surface area contributed by atoms with Crippen LogP contribution in [0.3, 0.4) is 0 Å². The third-order valence-corrected chi connectivity index (χ3v) is 5.06. The van der Waals surface area contributed by atoms with Gasteiger partial charge >= 0.3 is 0 Å². The number of nitrogens with one attached hydrogen (secondary N) is 2. The fraction of sp³-hybridized carbons (Fsp3) is 0.0556. The standard InChI is InChI=1S/C18H15N5O2S/c1-22-14-9-5-6-10-15(14)26-18(22)20-19-17(25)13-11-16(24)23(21-13)12-7-3-2-4-8-12/h2-11,21H,1H3,(H,19,25). The Balaban J connectivity index is 1.63. The first-order valence-corrected chi connectivity index (χ1v) is 8.71. The van der Waals surface area contributed by atoms with Gasteiger partial charge in [-0.25, -0.2) is 10.1 Å². The Labute approximate surface area is 151 Å². The highest BCUT2D eigenvalue weighted by atomic mass is 32.1. The minimum atomic E-state index is -0.478. The molecule has 0 aliphatic rings. The van der Waals surface area contributed by atoms with Crippen molar-refractivity contribution in [1.29, 1.82) is 0 Å². The molecule has 4 rings (SSSR count). The number of thiazole rings is 1. The lowest BCUT2D eigenvalue weighted by Crippen LogP contribution is -2.23. The molecule has 8 heteroatoms. The van der Waals surface area contributed by atoms with Crippen LogP contribution >= 0.6 is 11.3 Å². The third-order valence-electron chi connectivity index (χ3n) is 3.95.